The lowest BCUT2D eigenvalue weighted by atomic mass is 10.1. The number of carbonyl (C=O) groups excluding carboxylic acids is 3. The first-order chi connectivity index (χ1) is 20.2. The molecule has 3 amide bonds. The van der Waals surface area contributed by atoms with Gasteiger partial charge in [-0.3, -0.25) is 14.4 Å². The van der Waals surface area contributed by atoms with Gasteiger partial charge in [0.25, 0.3) is 11.8 Å². The Balaban J connectivity index is 1.50. The molecule has 0 aliphatic heterocycles. The zero-order valence-corrected chi connectivity index (χ0v) is 25.0. The van der Waals surface area contributed by atoms with E-state index in [2.05, 4.69) is 22.0 Å². The van der Waals surface area contributed by atoms with E-state index in [0.717, 1.165) is 32.8 Å². The third-order valence-electron chi connectivity index (χ3n) is 6.40. The van der Waals surface area contributed by atoms with Crippen molar-refractivity contribution in [2.45, 2.75) is 44.3 Å². The summed E-state index contributed by atoms with van der Waals surface area (Å²) in [7, 11) is 0. The zero-order chi connectivity index (χ0) is 30.1. The molecule has 1 atom stereocenters. The number of hydrogen-bond donors (Lipinski definition) is 3. The van der Waals surface area contributed by atoms with E-state index >= 15 is 0 Å². The van der Waals surface area contributed by atoms with Gasteiger partial charge in [0.15, 0.2) is 0 Å². The summed E-state index contributed by atoms with van der Waals surface area (Å²) in [4.78, 5) is 40.3. The fourth-order valence-corrected chi connectivity index (χ4v) is 5.48. The van der Waals surface area contributed by atoms with Crippen LogP contribution in [-0.4, -0.2) is 23.0 Å². The number of benzene rings is 4. The molecule has 0 radical (unpaired) electrons. The largest absolute Gasteiger partial charge is 0.325 e. The molecule has 4 aromatic rings. The van der Waals surface area contributed by atoms with Gasteiger partial charge in [-0.2, -0.15) is 0 Å². The number of rotatable bonds is 10. The topological polar surface area (TPSA) is 87.3 Å². The van der Waals surface area contributed by atoms with Crippen molar-refractivity contribution in [1.29, 1.82) is 0 Å². The summed E-state index contributed by atoms with van der Waals surface area (Å²) < 4.78 is 0. The van der Waals surface area contributed by atoms with Gasteiger partial charge in [0.05, 0.1) is 5.25 Å². The molecule has 0 aliphatic rings. The smallest absolute Gasteiger partial charge is 0.272 e. The van der Waals surface area contributed by atoms with Crippen LogP contribution in [0.25, 0.3) is 6.08 Å². The van der Waals surface area contributed by atoms with Crippen LogP contribution in [0.2, 0.25) is 0 Å². The third-order valence-corrected chi connectivity index (χ3v) is 7.76. The Hall–Kier alpha value is -4.62. The molecule has 1 unspecified atom stereocenters. The van der Waals surface area contributed by atoms with Crippen LogP contribution in [0.5, 0.6) is 0 Å². The molecule has 0 aromatic heterocycles. The molecule has 7 heteroatoms. The lowest BCUT2D eigenvalue weighted by Crippen LogP contribution is -2.30. The first-order valence-electron chi connectivity index (χ1n) is 13.8. The monoisotopic (exact) mass is 577 g/mol. The van der Waals surface area contributed by atoms with Crippen LogP contribution >= 0.6 is 11.8 Å². The summed E-state index contributed by atoms with van der Waals surface area (Å²) in [5.74, 6) is -0.911. The van der Waals surface area contributed by atoms with E-state index in [4.69, 9.17) is 0 Å². The predicted octanol–water partition coefficient (Wildman–Crippen LogP) is 7.53. The van der Waals surface area contributed by atoms with Gasteiger partial charge in [0.1, 0.15) is 5.70 Å². The third kappa shape index (κ3) is 8.69. The second-order valence-corrected chi connectivity index (χ2v) is 11.4. The summed E-state index contributed by atoms with van der Waals surface area (Å²) in [5, 5.41) is 8.40. The SMILES string of the molecule is CCC(Sc1cccc(NC(=O)/C(=C\c2cccc(C)c2)NC(=O)c2ccccc2)c1)C(=O)Nc1cc(C)cc(C)c1. The Morgan fingerprint density at radius 3 is 2.14 bits per heavy atom. The summed E-state index contributed by atoms with van der Waals surface area (Å²) in [6, 6.07) is 29.8. The Bertz CT molecular complexity index is 1590. The number of nitrogens with one attached hydrogen (secondary N) is 3. The van der Waals surface area contributed by atoms with Crippen LogP contribution < -0.4 is 16.0 Å². The summed E-state index contributed by atoms with van der Waals surface area (Å²) in [6.45, 7) is 7.95. The van der Waals surface area contributed by atoms with Gasteiger partial charge in [-0.1, -0.05) is 67.1 Å². The average molecular weight is 578 g/mol. The number of aryl methyl sites for hydroxylation is 3. The summed E-state index contributed by atoms with van der Waals surface area (Å²) in [5.41, 5.74) is 5.90. The van der Waals surface area contributed by atoms with Gasteiger partial charge in [0.2, 0.25) is 5.91 Å². The van der Waals surface area contributed by atoms with Crippen molar-refractivity contribution in [3.63, 3.8) is 0 Å². The van der Waals surface area contributed by atoms with E-state index < -0.39 is 5.91 Å². The van der Waals surface area contributed by atoms with Crippen LogP contribution in [0.15, 0.2) is 108 Å². The van der Waals surface area contributed by atoms with Crippen LogP contribution in [0.3, 0.4) is 0 Å². The number of amides is 3. The lowest BCUT2D eigenvalue weighted by molar-refractivity contribution is -0.116. The highest BCUT2D eigenvalue weighted by atomic mass is 32.2. The number of anilines is 2. The highest BCUT2D eigenvalue weighted by molar-refractivity contribution is 8.00. The average Bonchev–Trinajstić information content (AvgIpc) is 2.95. The van der Waals surface area contributed by atoms with Gasteiger partial charge in [-0.25, -0.2) is 0 Å². The van der Waals surface area contributed by atoms with E-state index in [-0.39, 0.29) is 22.8 Å². The molecule has 4 aromatic carbocycles. The minimum atomic E-state index is -0.456. The van der Waals surface area contributed by atoms with Crippen LogP contribution in [-0.2, 0) is 9.59 Å². The Morgan fingerprint density at radius 2 is 1.45 bits per heavy atom. The lowest BCUT2D eigenvalue weighted by Gasteiger charge is -2.16. The van der Waals surface area contributed by atoms with Gasteiger partial charge >= 0.3 is 0 Å². The number of hydrogen-bond acceptors (Lipinski definition) is 4. The van der Waals surface area contributed by atoms with Crippen molar-refractivity contribution in [3.05, 3.63) is 131 Å². The molecular formula is C35H35N3O3S. The number of carbonyl (C=O) groups is 3. The molecule has 0 fully saturated rings. The second-order valence-electron chi connectivity index (χ2n) is 10.2. The van der Waals surface area contributed by atoms with E-state index in [1.54, 1.807) is 36.4 Å². The van der Waals surface area contributed by atoms with Gasteiger partial charge in [0, 0.05) is 21.8 Å². The Labute approximate surface area is 251 Å². The zero-order valence-electron chi connectivity index (χ0n) is 24.2. The second kappa shape index (κ2) is 14.3. The van der Waals surface area contributed by atoms with E-state index in [9.17, 15) is 14.4 Å². The molecule has 0 bridgehead atoms. The first kappa shape index (κ1) is 30.3. The Kier molecular flexibility index (Phi) is 10.3. The molecule has 42 heavy (non-hydrogen) atoms. The standard InChI is InChI=1S/C35H35N3O3S/c1-5-32(35(41)37-29-19-24(3)17-25(4)20-29)42-30-16-10-15-28(22-30)36-34(40)31(21-26-12-9-11-23(2)18-26)38-33(39)27-13-7-6-8-14-27/h6-22,32H,5H2,1-4H3,(H,36,40)(H,37,41)(H,38,39)/b31-21+. The summed E-state index contributed by atoms with van der Waals surface area (Å²) in [6.07, 6.45) is 2.29. The van der Waals surface area contributed by atoms with Crippen molar-refractivity contribution in [3.8, 4) is 0 Å². The molecule has 214 valence electrons. The fourth-order valence-electron chi connectivity index (χ4n) is 4.47. The molecule has 0 saturated heterocycles. The van der Waals surface area contributed by atoms with Crippen molar-refractivity contribution in [2.24, 2.45) is 0 Å². The molecule has 0 heterocycles. The summed E-state index contributed by atoms with van der Waals surface area (Å²) >= 11 is 1.44. The predicted molar refractivity (Wildman–Crippen MR) is 173 cm³/mol. The molecule has 4 rings (SSSR count). The first-order valence-corrected chi connectivity index (χ1v) is 14.7. The van der Waals surface area contributed by atoms with Crippen LogP contribution in [0, 0.1) is 20.8 Å². The highest BCUT2D eigenvalue weighted by Gasteiger charge is 2.19. The van der Waals surface area contributed by atoms with E-state index in [1.165, 1.54) is 11.8 Å². The van der Waals surface area contributed by atoms with Crippen molar-refractivity contribution < 1.29 is 14.4 Å². The normalized spacial score (nSPS) is 11.9. The van der Waals surface area contributed by atoms with Crippen molar-refractivity contribution >= 4 is 46.9 Å². The number of thioether (sulfide) groups is 1. The van der Waals surface area contributed by atoms with Crippen molar-refractivity contribution in [2.75, 3.05) is 10.6 Å². The van der Waals surface area contributed by atoms with Crippen LogP contribution in [0.1, 0.15) is 46.0 Å². The highest BCUT2D eigenvalue weighted by Crippen LogP contribution is 2.29. The molecule has 6 nitrogen and oxygen atoms in total. The molecule has 3 N–H and O–H groups in total. The molecule has 0 saturated carbocycles. The van der Waals surface area contributed by atoms with E-state index in [0.29, 0.717) is 17.7 Å². The minimum absolute atomic E-state index is 0.0751. The molecule has 0 aliphatic carbocycles. The minimum Gasteiger partial charge on any atom is -0.325 e. The van der Waals surface area contributed by atoms with Gasteiger partial charge in [-0.05, 0) is 92.4 Å². The Morgan fingerprint density at radius 1 is 0.738 bits per heavy atom. The fraction of sp³-hybridized carbons (Fsp3) is 0.171. The molecule has 0 spiro atoms. The molecular weight excluding hydrogens is 542 g/mol. The van der Waals surface area contributed by atoms with Gasteiger partial charge < -0.3 is 16.0 Å². The maximum atomic E-state index is 13.5. The van der Waals surface area contributed by atoms with E-state index in [1.807, 2.05) is 88.4 Å². The van der Waals surface area contributed by atoms with Crippen LogP contribution in [0.4, 0.5) is 11.4 Å². The maximum Gasteiger partial charge on any atom is 0.272 e. The van der Waals surface area contributed by atoms with Gasteiger partial charge in [-0.15, -0.1) is 11.8 Å². The quantitative estimate of drug-likeness (QED) is 0.134. The maximum absolute atomic E-state index is 13.5. The van der Waals surface area contributed by atoms with Crippen molar-refractivity contribution in [1.82, 2.24) is 5.32 Å².